The molecule has 1 fully saturated rings. The van der Waals surface area contributed by atoms with Crippen molar-refractivity contribution in [2.75, 3.05) is 31.2 Å². The third kappa shape index (κ3) is 3.90. The van der Waals surface area contributed by atoms with Crippen molar-refractivity contribution in [2.45, 2.75) is 0 Å². The summed E-state index contributed by atoms with van der Waals surface area (Å²) in [6, 6.07) is 14.7. The van der Waals surface area contributed by atoms with Gasteiger partial charge in [-0.1, -0.05) is 24.3 Å². The average Bonchev–Trinajstić information content (AvgIpc) is 2.75. The number of pyridine rings is 1. The van der Waals surface area contributed by atoms with Crippen LogP contribution < -0.4 is 10.5 Å². The first-order valence-electron chi connectivity index (χ1n) is 9.22. The number of nitrogens with zero attached hydrogens (tertiary/aromatic N) is 1. The Labute approximate surface area is 166 Å². The summed E-state index contributed by atoms with van der Waals surface area (Å²) in [6.07, 6.45) is 0. The number of hydrogen-bond donors (Lipinski definition) is 2. The lowest BCUT2D eigenvalue weighted by atomic mass is 9.97. The Morgan fingerprint density at radius 1 is 1.00 bits per heavy atom. The van der Waals surface area contributed by atoms with Gasteiger partial charge in [0.1, 0.15) is 11.4 Å². The first-order chi connectivity index (χ1) is 14.0. The Hall–Kier alpha value is -3.45. The van der Waals surface area contributed by atoms with Crippen molar-refractivity contribution in [1.29, 1.82) is 0 Å². The molecular formula is C22H19FN2O4. The normalized spacial score (nSPS) is 14.0. The highest BCUT2D eigenvalue weighted by molar-refractivity contribution is 5.91. The molecule has 1 aliphatic rings. The number of aromatic carboxylic acids is 1. The molecule has 0 spiro atoms. The highest BCUT2D eigenvalue weighted by Gasteiger charge is 2.17. The third-order valence-electron chi connectivity index (χ3n) is 4.96. The van der Waals surface area contributed by atoms with Crippen LogP contribution in [0.25, 0.3) is 22.4 Å². The number of hydrogen-bond acceptors (Lipinski definition) is 4. The molecule has 0 amide bonds. The van der Waals surface area contributed by atoms with Crippen molar-refractivity contribution in [2.24, 2.45) is 0 Å². The van der Waals surface area contributed by atoms with Gasteiger partial charge in [0, 0.05) is 24.3 Å². The maximum Gasteiger partial charge on any atom is 0.341 e. The number of carboxylic acid groups (broad SMARTS) is 1. The number of halogens is 1. The van der Waals surface area contributed by atoms with E-state index in [1.54, 1.807) is 12.1 Å². The van der Waals surface area contributed by atoms with Gasteiger partial charge < -0.3 is 19.7 Å². The maximum absolute atomic E-state index is 13.4. The minimum Gasteiger partial charge on any atom is -0.477 e. The molecule has 148 valence electrons. The van der Waals surface area contributed by atoms with Crippen LogP contribution in [0, 0.1) is 5.82 Å². The van der Waals surface area contributed by atoms with E-state index in [1.807, 2.05) is 24.3 Å². The lowest BCUT2D eigenvalue weighted by Crippen LogP contribution is -2.36. The Balaban J connectivity index is 1.79. The molecular weight excluding hydrogens is 375 g/mol. The van der Waals surface area contributed by atoms with Gasteiger partial charge in [-0.2, -0.15) is 0 Å². The van der Waals surface area contributed by atoms with Gasteiger partial charge >= 0.3 is 5.97 Å². The molecule has 6 nitrogen and oxygen atoms in total. The highest BCUT2D eigenvalue weighted by Crippen LogP contribution is 2.31. The SMILES string of the molecule is O=C(O)c1cc(-c2ccc(F)cc2)c(-c2ccc(N3CCOCC3)cc2)[nH]c1=O. The molecule has 2 aromatic carbocycles. The number of aromatic nitrogens is 1. The zero-order valence-corrected chi connectivity index (χ0v) is 15.5. The van der Waals surface area contributed by atoms with Gasteiger partial charge in [-0.05, 0) is 41.5 Å². The lowest BCUT2D eigenvalue weighted by Gasteiger charge is -2.29. The molecule has 7 heteroatoms. The van der Waals surface area contributed by atoms with E-state index >= 15 is 0 Å². The van der Waals surface area contributed by atoms with Crippen LogP contribution in [0.1, 0.15) is 10.4 Å². The number of aromatic amines is 1. The van der Waals surface area contributed by atoms with Gasteiger partial charge in [-0.15, -0.1) is 0 Å². The van der Waals surface area contributed by atoms with E-state index in [0.29, 0.717) is 30.0 Å². The smallest absolute Gasteiger partial charge is 0.341 e. The largest absolute Gasteiger partial charge is 0.477 e. The standard InChI is InChI=1S/C22H19FN2O4/c23-16-5-1-14(2-6-16)18-13-19(22(27)28)21(26)24-20(18)15-3-7-17(8-4-15)25-9-11-29-12-10-25/h1-8,13H,9-12H2,(H,24,26)(H,27,28). The highest BCUT2D eigenvalue weighted by atomic mass is 19.1. The Bertz CT molecular complexity index is 1090. The van der Waals surface area contributed by atoms with E-state index in [1.165, 1.54) is 18.2 Å². The molecule has 1 saturated heterocycles. The molecule has 0 bridgehead atoms. The number of carboxylic acids is 1. The number of benzene rings is 2. The summed E-state index contributed by atoms with van der Waals surface area (Å²) in [5.74, 6) is -1.71. The molecule has 0 radical (unpaired) electrons. The van der Waals surface area contributed by atoms with Crippen LogP contribution in [-0.4, -0.2) is 42.4 Å². The van der Waals surface area contributed by atoms with Crippen molar-refractivity contribution >= 4 is 11.7 Å². The predicted molar refractivity (Wildman–Crippen MR) is 108 cm³/mol. The summed E-state index contributed by atoms with van der Waals surface area (Å²) in [6.45, 7) is 2.98. The Kier molecular flexibility index (Phi) is 5.14. The first-order valence-corrected chi connectivity index (χ1v) is 9.22. The number of carbonyl (C=O) groups is 1. The zero-order chi connectivity index (χ0) is 20.4. The molecule has 0 unspecified atom stereocenters. The summed E-state index contributed by atoms with van der Waals surface area (Å²) in [5, 5.41) is 9.33. The molecule has 2 N–H and O–H groups in total. The third-order valence-corrected chi connectivity index (χ3v) is 4.96. The Morgan fingerprint density at radius 3 is 2.24 bits per heavy atom. The van der Waals surface area contributed by atoms with Crippen LogP contribution in [-0.2, 0) is 4.74 Å². The second kappa shape index (κ2) is 7.89. The van der Waals surface area contributed by atoms with Crippen LogP contribution in [0.5, 0.6) is 0 Å². The number of ether oxygens (including phenoxy) is 1. The summed E-state index contributed by atoms with van der Waals surface area (Å²) in [5.41, 5.74) is 2.34. The second-order valence-electron chi connectivity index (χ2n) is 6.76. The van der Waals surface area contributed by atoms with Crippen molar-refractivity contribution in [3.63, 3.8) is 0 Å². The van der Waals surface area contributed by atoms with E-state index in [4.69, 9.17) is 4.74 Å². The van der Waals surface area contributed by atoms with Crippen molar-refractivity contribution in [3.8, 4) is 22.4 Å². The molecule has 1 aliphatic heterocycles. The van der Waals surface area contributed by atoms with Gasteiger partial charge in [0.25, 0.3) is 5.56 Å². The summed E-state index contributed by atoms with van der Waals surface area (Å²) in [7, 11) is 0. The van der Waals surface area contributed by atoms with Gasteiger partial charge in [-0.25, -0.2) is 9.18 Å². The van der Waals surface area contributed by atoms with E-state index in [0.717, 1.165) is 24.3 Å². The van der Waals surface area contributed by atoms with Gasteiger partial charge in [0.05, 0.1) is 18.9 Å². The van der Waals surface area contributed by atoms with Crippen LogP contribution in [0.2, 0.25) is 0 Å². The number of rotatable bonds is 4. The van der Waals surface area contributed by atoms with Crippen LogP contribution in [0.15, 0.2) is 59.4 Å². The van der Waals surface area contributed by atoms with E-state index in [-0.39, 0.29) is 5.56 Å². The van der Waals surface area contributed by atoms with Gasteiger partial charge in [0.2, 0.25) is 0 Å². The molecule has 0 aliphatic carbocycles. The first kappa shape index (κ1) is 18.9. The van der Waals surface area contributed by atoms with Crippen LogP contribution >= 0.6 is 0 Å². The van der Waals surface area contributed by atoms with E-state index in [9.17, 15) is 19.1 Å². The number of morpholine rings is 1. The monoisotopic (exact) mass is 394 g/mol. The zero-order valence-electron chi connectivity index (χ0n) is 15.5. The average molecular weight is 394 g/mol. The number of nitrogens with one attached hydrogen (secondary N) is 1. The summed E-state index contributed by atoms with van der Waals surface area (Å²) in [4.78, 5) is 28.6. The number of anilines is 1. The molecule has 1 aromatic heterocycles. The van der Waals surface area contributed by atoms with Crippen molar-refractivity contribution in [1.82, 2.24) is 4.98 Å². The molecule has 0 atom stereocenters. The van der Waals surface area contributed by atoms with Gasteiger partial charge in [-0.3, -0.25) is 4.79 Å². The fraction of sp³-hybridized carbons (Fsp3) is 0.182. The number of H-pyrrole nitrogens is 1. The summed E-state index contributed by atoms with van der Waals surface area (Å²) < 4.78 is 18.7. The Morgan fingerprint density at radius 2 is 1.62 bits per heavy atom. The molecule has 2 heterocycles. The fourth-order valence-electron chi connectivity index (χ4n) is 3.43. The topological polar surface area (TPSA) is 82.6 Å². The second-order valence-corrected chi connectivity index (χ2v) is 6.76. The fourth-order valence-corrected chi connectivity index (χ4v) is 3.43. The molecule has 29 heavy (non-hydrogen) atoms. The van der Waals surface area contributed by atoms with Crippen molar-refractivity contribution < 1.29 is 19.0 Å². The quantitative estimate of drug-likeness (QED) is 0.709. The molecule has 3 aromatic rings. The molecule has 0 saturated carbocycles. The van der Waals surface area contributed by atoms with E-state index in [2.05, 4.69) is 9.88 Å². The lowest BCUT2D eigenvalue weighted by molar-refractivity contribution is 0.0695. The summed E-state index contributed by atoms with van der Waals surface area (Å²) >= 11 is 0. The van der Waals surface area contributed by atoms with Crippen LogP contribution in [0.4, 0.5) is 10.1 Å². The van der Waals surface area contributed by atoms with Crippen LogP contribution in [0.3, 0.4) is 0 Å². The maximum atomic E-state index is 13.4. The van der Waals surface area contributed by atoms with Crippen molar-refractivity contribution in [3.05, 3.63) is 76.3 Å². The minimum absolute atomic E-state index is 0.363. The minimum atomic E-state index is -1.32. The van der Waals surface area contributed by atoms with Gasteiger partial charge in [0.15, 0.2) is 0 Å². The molecule has 4 rings (SSSR count). The predicted octanol–water partition coefficient (Wildman–Crippen LogP) is 3.38. The van der Waals surface area contributed by atoms with E-state index < -0.39 is 17.3 Å².